The van der Waals surface area contributed by atoms with Gasteiger partial charge in [-0.1, -0.05) is 6.07 Å². The van der Waals surface area contributed by atoms with Crippen LogP contribution in [0.25, 0.3) is 0 Å². The van der Waals surface area contributed by atoms with Gasteiger partial charge < -0.3 is 25.6 Å². The van der Waals surface area contributed by atoms with Crippen molar-refractivity contribution in [2.75, 3.05) is 26.9 Å². The molecule has 0 saturated carbocycles. The van der Waals surface area contributed by atoms with E-state index in [1.807, 2.05) is 0 Å². The SMILES string of the molecule is COc1cc(CNC(=O)c2cc(/C(N)=N/N(N)CC3CC[C@H](CO)CO3)nc(C)n2)ccc1F. The fourth-order valence-electron chi connectivity index (χ4n) is 3.49. The number of benzene rings is 1. The maximum atomic E-state index is 13.6. The summed E-state index contributed by atoms with van der Waals surface area (Å²) in [4.78, 5) is 21.0. The molecule has 0 spiro atoms. The van der Waals surface area contributed by atoms with Gasteiger partial charge in [-0.3, -0.25) is 4.79 Å². The molecule has 2 atom stereocenters. The van der Waals surface area contributed by atoms with Crippen LogP contribution in [0, 0.1) is 18.7 Å². The Morgan fingerprint density at radius 1 is 1.35 bits per heavy atom. The minimum Gasteiger partial charge on any atom is -0.494 e. The number of nitrogens with one attached hydrogen (secondary N) is 1. The van der Waals surface area contributed by atoms with Crippen LogP contribution in [0.2, 0.25) is 0 Å². The Balaban J connectivity index is 1.63. The van der Waals surface area contributed by atoms with Crippen molar-refractivity contribution in [3.8, 4) is 5.75 Å². The summed E-state index contributed by atoms with van der Waals surface area (Å²) in [6.45, 7) is 2.67. The van der Waals surface area contributed by atoms with Crippen LogP contribution in [0.5, 0.6) is 5.75 Å². The number of nitrogens with two attached hydrogens (primary N) is 2. The van der Waals surface area contributed by atoms with Crippen molar-refractivity contribution in [3.63, 3.8) is 0 Å². The molecule has 6 N–H and O–H groups in total. The Labute approximate surface area is 196 Å². The van der Waals surface area contributed by atoms with Crippen LogP contribution in [-0.4, -0.2) is 64.9 Å². The van der Waals surface area contributed by atoms with E-state index < -0.39 is 11.7 Å². The van der Waals surface area contributed by atoms with Gasteiger partial charge in [-0.2, -0.15) is 0 Å². The van der Waals surface area contributed by atoms with Gasteiger partial charge in [-0.15, -0.1) is 5.10 Å². The molecule has 0 bridgehead atoms. The minimum absolute atomic E-state index is 0.0226. The molecule has 11 nitrogen and oxygen atoms in total. The van der Waals surface area contributed by atoms with E-state index in [-0.39, 0.29) is 48.1 Å². The van der Waals surface area contributed by atoms with Gasteiger partial charge >= 0.3 is 0 Å². The molecular formula is C22H30FN7O4. The first kappa shape index (κ1) is 25.3. The van der Waals surface area contributed by atoms with Crippen molar-refractivity contribution in [3.05, 3.63) is 52.9 Å². The summed E-state index contributed by atoms with van der Waals surface area (Å²) in [7, 11) is 1.37. The van der Waals surface area contributed by atoms with Gasteiger partial charge in [0.1, 0.15) is 17.2 Å². The second-order valence-corrected chi connectivity index (χ2v) is 8.03. The molecule has 1 fully saturated rings. The van der Waals surface area contributed by atoms with Crippen LogP contribution in [0.1, 0.15) is 40.4 Å². The number of aliphatic hydroxyl groups is 1. The Kier molecular flexibility index (Phi) is 8.68. The molecule has 2 aromatic rings. The van der Waals surface area contributed by atoms with Crippen molar-refractivity contribution in [2.45, 2.75) is 32.4 Å². The highest BCUT2D eigenvalue weighted by molar-refractivity contribution is 5.99. The predicted molar refractivity (Wildman–Crippen MR) is 122 cm³/mol. The maximum absolute atomic E-state index is 13.6. The summed E-state index contributed by atoms with van der Waals surface area (Å²) < 4.78 is 24.2. The van der Waals surface area contributed by atoms with Gasteiger partial charge in [-0.05, 0) is 43.5 Å². The number of hydrogen-bond donors (Lipinski definition) is 4. The zero-order chi connectivity index (χ0) is 24.7. The number of hydrazone groups is 1. The highest BCUT2D eigenvalue weighted by Crippen LogP contribution is 2.19. The van der Waals surface area contributed by atoms with E-state index in [1.165, 1.54) is 30.4 Å². The average Bonchev–Trinajstić information content (AvgIpc) is 2.83. The number of carbonyl (C=O) groups excluding carboxylic acids is 1. The van der Waals surface area contributed by atoms with E-state index in [9.17, 15) is 14.3 Å². The molecular weight excluding hydrogens is 445 g/mol. The quantitative estimate of drug-likeness (QED) is 0.175. The topological polar surface area (TPSA) is 161 Å². The summed E-state index contributed by atoms with van der Waals surface area (Å²) in [6.07, 6.45) is 1.48. The third-order valence-corrected chi connectivity index (χ3v) is 5.35. The van der Waals surface area contributed by atoms with E-state index in [0.29, 0.717) is 24.5 Å². The summed E-state index contributed by atoms with van der Waals surface area (Å²) in [6, 6.07) is 5.75. The standard InChI is InChI=1S/C22H30FN7O4/c1-13-27-18(21(24)29-30(25)10-16-5-3-15(11-31)12-34-16)8-19(28-13)22(32)26-9-14-4-6-17(23)20(7-14)33-2/h4,6-8,15-16,31H,3,5,9-12,25H2,1-2H3,(H2,24,29)(H,26,32)/t15-,16?/m1/s1. The average molecular weight is 476 g/mol. The third kappa shape index (κ3) is 6.83. The monoisotopic (exact) mass is 475 g/mol. The van der Waals surface area contributed by atoms with Crippen molar-refractivity contribution >= 4 is 11.7 Å². The van der Waals surface area contributed by atoms with Crippen LogP contribution in [0.15, 0.2) is 29.4 Å². The first-order valence-corrected chi connectivity index (χ1v) is 10.8. The van der Waals surface area contributed by atoms with Crippen molar-refractivity contribution in [1.29, 1.82) is 0 Å². The molecule has 1 aromatic heterocycles. The fourth-order valence-corrected chi connectivity index (χ4v) is 3.49. The Morgan fingerprint density at radius 2 is 2.12 bits per heavy atom. The van der Waals surface area contributed by atoms with Gasteiger partial charge in [0.25, 0.3) is 5.91 Å². The smallest absolute Gasteiger partial charge is 0.270 e. The van der Waals surface area contributed by atoms with Crippen molar-refractivity contribution in [1.82, 2.24) is 20.4 Å². The van der Waals surface area contributed by atoms with E-state index in [4.69, 9.17) is 21.1 Å². The molecule has 184 valence electrons. The molecule has 0 radical (unpaired) electrons. The second-order valence-electron chi connectivity index (χ2n) is 8.03. The lowest BCUT2D eigenvalue weighted by atomic mass is 9.99. The summed E-state index contributed by atoms with van der Waals surface area (Å²) in [5.41, 5.74) is 7.09. The van der Waals surface area contributed by atoms with Crippen LogP contribution in [-0.2, 0) is 11.3 Å². The van der Waals surface area contributed by atoms with Gasteiger partial charge in [0.05, 0.1) is 26.4 Å². The number of nitrogens with zero attached hydrogens (tertiary/aromatic N) is 4. The minimum atomic E-state index is -0.484. The van der Waals surface area contributed by atoms with Gasteiger partial charge in [0, 0.05) is 19.1 Å². The lowest BCUT2D eigenvalue weighted by Crippen LogP contribution is -2.40. The Hall–Kier alpha value is -3.35. The number of hydrogen-bond acceptors (Lipinski definition) is 9. The van der Waals surface area contributed by atoms with Crippen LogP contribution < -0.4 is 21.6 Å². The summed E-state index contributed by atoms with van der Waals surface area (Å²) in [5.74, 6) is 5.62. The molecule has 1 aliphatic rings. The van der Waals surface area contributed by atoms with Crippen LogP contribution in [0.3, 0.4) is 0 Å². The number of amides is 1. The third-order valence-electron chi connectivity index (χ3n) is 5.35. The molecule has 1 unspecified atom stereocenters. The molecule has 2 heterocycles. The van der Waals surface area contributed by atoms with Gasteiger partial charge in [-0.25, -0.2) is 25.3 Å². The lowest BCUT2D eigenvalue weighted by Gasteiger charge is -2.29. The number of methoxy groups -OCH3 is 1. The molecule has 1 saturated heterocycles. The number of carbonyl (C=O) groups is 1. The zero-order valence-corrected chi connectivity index (χ0v) is 19.2. The molecule has 34 heavy (non-hydrogen) atoms. The molecule has 0 aliphatic carbocycles. The summed E-state index contributed by atoms with van der Waals surface area (Å²) in [5, 5.41) is 17.3. The number of halogens is 1. The largest absolute Gasteiger partial charge is 0.494 e. The summed E-state index contributed by atoms with van der Waals surface area (Å²) >= 11 is 0. The molecule has 3 rings (SSSR count). The van der Waals surface area contributed by atoms with Crippen molar-refractivity contribution in [2.24, 2.45) is 22.6 Å². The van der Waals surface area contributed by atoms with Crippen LogP contribution >= 0.6 is 0 Å². The highest BCUT2D eigenvalue weighted by atomic mass is 19.1. The zero-order valence-electron chi connectivity index (χ0n) is 19.2. The molecule has 1 aliphatic heterocycles. The molecule has 1 amide bonds. The number of amidine groups is 1. The fraction of sp³-hybridized carbons (Fsp3) is 0.455. The van der Waals surface area contributed by atoms with E-state index in [1.54, 1.807) is 13.0 Å². The number of ether oxygens (including phenoxy) is 2. The van der Waals surface area contributed by atoms with Crippen molar-refractivity contribution < 1.29 is 23.8 Å². The van der Waals surface area contributed by atoms with E-state index in [2.05, 4.69) is 20.4 Å². The number of rotatable bonds is 9. The highest BCUT2D eigenvalue weighted by Gasteiger charge is 2.22. The molecule has 1 aromatic carbocycles. The number of hydrazine groups is 1. The predicted octanol–water partition coefficient (Wildman–Crippen LogP) is 0.446. The van der Waals surface area contributed by atoms with Gasteiger partial charge in [0.15, 0.2) is 17.4 Å². The second kappa shape index (κ2) is 11.7. The Bertz CT molecular complexity index is 1030. The number of aliphatic hydroxyl groups excluding tert-OH is 1. The van der Waals surface area contributed by atoms with E-state index >= 15 is 0 Å². The van der Waals surface area contributed by atoms with Crippen LogP contribution in [0.4, 0.5) is 4.39 Å². The first-order valence-electron chi connectivity index (χ1n) is 10.8. The van der Waals surface area contributed by atoms with E-state index in [0.717, 1.165) is 12.8 Å². The maximum Gasteiger partial charge on any atom is 0.270 e. The molecule has 12 heteroatoms. The lowest BCUT2D eigenvalue weighted by molar-refractivity contribution is -0.0440. The number of aromatic nitrogens is 2. The van der Waals surface area contributed by atoms with Gasteiger partial charge in [0.2, 0.25) is 0 Å². The number of aryl methyl sites for hydroxylation is 1. The normalized spacial score (nSPS) is 18.4. The first-order chi connectivity index (χ1) is 16.3. The Morgan fingerprint density at radius 3 is 2.79 bits per heavy atom.